The Morgan fingerprint density at radius 1 is 1.45 bits per heavy atom. The topological polar surface area (TPSA) is 50.7 Å². The Kier molecular flexibility index (Phi) is 2.73. The third-order valence-electron chi connectivity index (χ3n) is 6.15. The highest BCUT2D eigenvalue weighted by Gasteiger charge is 2.67. The van der Waals surface area contributed by atoms with E-state index in [4.69, 9.17) is 9.47 Å². The molecule has 3 aliphatic rings. The fraction of sp³-hybridized carbons (Fsp3) is 0.556. The first-order valence-corrected chi connectivity index (χ1v) is 7.91. The number of nitrogens with one attached hydrogen (secondary N) is 1. The number of likely N-dealkylation sites (N-methyl/N-ethyl adjacent to an activating group) is 1. The van der Waals surface area contributed by atoms with Crippen LogP contribution >= 0.6 is 0 Å². The minimum Gasteiger partial charge on any atom is -0.493 e. The van der Waals surface area contributed by atoms with E-state index in [1.165, 1.54) is 5.56 Å². The molecule has 1 unspecified atom stereocenters. The number of hydrogen-bond donors (Lipinski definition) is 2. The predicted molar refractivity (Wildman–Crippen MR) is 84.6 cm³/mol. The minimum atomic E-state index is -0.835. The van der Waals surface area contributed by atoms with Gasteiger partial charge in [0.2, 0.25) is 0 Å². The largest absolute Gasteiger partial charge is 0.493 e. The van der Waals surface area contributed by atoms with Crippen LogP contribution < -0.4 is 14.8 Å². The highest BCUT2D eigenvalue weighted by Crippen LogP contribution is 2.62. The normalized spacial score (nSPS) is 38.5. The van der Waals surface area contributed by atoms with Crippen molar-refractivity contribution >= 4 is 0 Å². The molecule has 4 atom stereocenters. The summed E-state index contributed by atoms with van der Waals surface area (Å²) in [6.07, 6.45) is 2.12. The minimum absolute atomic E-state index is 0.0172. The second-order valence-electron chi connectivity index (χ2n) is 6.96. The van der Waals surface area contributed by atoms with Gasteiger partial charge >= 0.3 is 0 Å². The zero-order chi connectivity index (χ0) is 15.7. The molecule has 4 rings (SSSR count). The Bertz CT molecular complexity index is 671. The van der Waals surface area contributed by atoms with Crippen molar-refractivity contribution in [2.24, 2.45) is 0 Å². The molecule has 0 spiro atoms. The maximum atomic E-state index is 11.6. The maximum Gasteiger partial charge on any atom is 0.166 e. The third-order valence-corrected chi connectivity index (χ3v) is 6.15. The summed E-state index contributed by atoms with van der Waals surface area (Å²) >= 11 is 0. The smallest absolute Gasteiger partial charge is 0.166 e. The maximum absolute atomic E-state index is 11.6. The lowest BCUT2D eigenvalue weighted by Gasteiger charge is -2.56. The van der Waals surface area contributed by atoms with Crippen molar-refractivity contribution in [3.8, 4) is 11.5 Å². The molecule has 1 saturated carbocycles. The summed E-state index contributed by atoms with van der Waals surface area (Å²) in [6, 6.07) is 4.09. The number of aliphatic hydroxyl groups is 1. The van der Waals surface area contributed by atoms with Crippen LogP contribution in [0.4, 0.5) is 0 Å². The highest BCUT2D eigenvalue weighted by molar-refractivity contribution is 5.63. The van der Waals surface area contributed by atoms with Crippen molar-refractivity contribution in [2.45, 2.75) is 49.3 Å². The van der Waals surface area contributed by atoms with E-state index in [2.05, 4.69) is 24.9 Å². The Balaban J connectivity index is 2.03. The molecule has 1 aromatic rings. The van der Waals surface area contributed by atoms with Crippen molar-refractivity contribution in [3.05, 3.63) is 35.4 Å². The van der Waals surface area contributed by atoms with Crippen molar-refractivity contribution < 1.29 is 14.6 Å². The number of hydrogen-bond acceptors (Lipinski definition) is 4. The van der Waals surface area contributed by atoms with Gasteiger partial charge in [-0.15, -0.1) is 0 Å². The molecule has 0 aromatic heterocycles. The summed E-state index contributed by atoms with van der Waals surface area (Å²) in [7, 11) is 3.59. The van der Waals surface area contributed by atoms with Gasteiger partial charge in [-0.1, -0.05) is 12.6 Å². The molecule has 2 N–H and O–H groups in total. The van der Waals surface area contributed by atoms with Gasteiger partial charge in [0, 0.05) is 11.6 Å². The molecule has 4 heteroatoms. The van der Waals surface area contributed by atoms with Gasteiger partial charge in [0.1, 0.15) is 6.10 Å². The van der Waals surface area contributed by atoms with Crippen molar-refractivity contribution in [3.63, 3.8) is 0 Å². The van der Waals surface area contributed by atoms with E-state index in [0.717, 1.165) is 35.5 Å². The summed E-state index contributed by atoms with van der Waals surface area (Å²) < 4.78 is 11.8. The van der Waals surface area contributed by atoms with Gasteiger partial charge in [-0.25, -0.2) is 0 Å². The molecule has 22 heavy (non-hydrogen) atoms. The van der Waals surface area contributed by atoms with Gasteiger partial charge in [0.15, 0.2) is 11.5 Å². The number of benzene rings is 1. The molecule has 0 saturated heterocycles. The lowest BCUT2D eigenvalue weighted by Crippen LogP contribution is -2.69. The van der Waals surface area contributed by atoms with E-state index in [9.17, 15) is 5.11 Å². The van der Waals surface area contributed by atoms with Crippen LogP contribution in [0.2, 0.25) is 0 Å². The lowest BCUT2D eigenvalue weighted by atomic mass is 9.52. The monoisotopic (exact) mass is 301 g/mol. The predicted octanol–water partition coefficient (Wildman–Crippen LogP) is 1.94. The Hall–Kier alpha value is -1.52. The first-order valence-electron chi connectivity index (χ1n) is 7.91. The average Bonchev–Trinajstić information content (AvgIpc) is 2.85. The van der Waals surface area contributed by atoms with Crippen LogP contribution in [0, 0.1) is 0 Å². The van der Waals surface area contributed by atoms with Gasteiger partial charge < -0.3 is 19.9 Å². The van der Waals surface area contributed by atoms with E-state index >= 15 is 0 Å². The van der Waals surface area contributed by atoms with E-state index in [1.54, 1.807) is 7.11 Å². The summed E-state index contributed by atoms with van der Waals surface area (Å²) in [5.41, 5.74) is 2.10. The Labute approximate surface area is 131 Å². The van der Waals surface area contributed by atoms with Gasteiger partial charge in [0.05, 0.1) is 18.1 Å². The zero-order valence-corrected chi connectivity index (χ0v) is 13.4. The first kappa shape index (κ1) is 14.1. The van der Waals surface area contributed by atoms with E-state index < -0.39 is 11.0 Å². The fourth-order valence-electron chi connectivity index (χ4n) is 4.93. The molecule has 0 amide bonds. The first-order chi connectivity index (χ1) is 10.5. The van der Waals surface area contributed by atoms with Gasteiger partial charge in [-0.3, -0.25) is 0 Å². The summed E-state index contributed by atoms with van der Waals surface area (Å²) in [5.74, 6) is 1.54. The van der Waals surface area contributed by atoms with Crippen LogP contribution in [-0.2, 0) is 11.8 Å². The van der Waals surface area contributed by atoms with E-state index in [-0.39, 0.29) is 12.1 Å². The SMILES string of the molecule is C=C1CC[C@]2(O)[C@@H](NC)Cc3ccc(OC)c4c3C2(C)[C@@H]1O4. The van der Waals surface area contributed by atoms with Gasteiger partial charge in [-0.2, -0.15) is 0 Å². The second kappa shape index (κ2) is 4.27. The zero-order valence-electron chi connectivity index (χ0n) is 13.4. The molecule has 4 nitrogen and oxygen atoms in total. The molecule has 118 valence electrons. The quantitative estimate of drug-likeness (QED) is 0.820. The number of methoxy groups -OCH3 is 1. The summed E-state index contributed by atoms with van der Waals surface area (Å²) in [5, 5.41) is 14.9. The molecule has 0 bridgehead atoms. The van der Waals surface area contributed by atoms with E-state index in [1.807, 2.05) is 13.1 Å². The van der Waals surface area contributed by atoms with Crippen molar-refractivity contribution in [2.75, 3.05) is 14.2 Å². The molecular weight excluding hydrogens is 278 g/mol. The van der Waals surface area contributed by atoms with Gasteiger partial charge in [0.25, 0.3) is 0 Å². The lowest BCUT2D eigenvalue weighted by molar-refractivity contribution is -0.108. The van der Waals surface area contributed by atoms with Crippen molar-refractivity contribution in [1.82, 2.24) is 5.32 Å². The average molecular weight is 301 g/mol. The Morgan fingerprint density at radius 3 is 2.91 bits per heavy atom. The van der Waals surface area contributed by atoms with Crippen LogP contribution in [0.15, 0.2) is 24.3 Å². The van der Waals surface area contributed by atoms with Crippen molar-refractivity contribution in [1.29, 1.82) is 0 Å². The number of rotatable bonds is 2. The van der Waals surface area contributed by atoms with Crippen LogP contribution in [0.5, 0.6) is 11.5 Å². The fourth-order valence-corrected chi connectivity index (χ4v) is 4.93. The molecule has 0 radical (unpaired) electrons. The molecular formula is C18H23NO3. The molecule has 1 fully saturated rings. The molecule has 1 aromatic carbocycles. The van der Waals surface area contributed by atoms with Crippen LogP contribution in [0.1, 0.15) is 30.9 Å². The second-order valence-corrected chi connectivity index (χ2v) is 6.96. The summed E-state index contributed by atoms with van der Waals surface area (Å²) in [6.45, 7) is 6.34. The third kappa shape index (κ3) is 1.36. The van der Waals surface area contributed by atoms with E-state index in [0.29, 0.717) is 6.42 Å². The number of ether oxygens (including phenoxy) is 2. The standard InChI is InChI=1S/C18H23NO3/c1-10-7-8-18(20)13(19-3)9-11-5-6-12(21-4)15-14(11)17(18,2)16(10)22-15/h5-6,13,16,19-20H,1,7-9H2,2-4H3/t13-,16+,17?,18-/m0/s1. The van der Waals surface area contributed by atoms with Gasteiger partial charge in [-0.05, 0) is 50.4 Å². The highest BCUT2D eigenvalue weighted by atomic mass is 16.5. The van der Waals surface area contributed by atoms with Crippen LogP contribution in [0.25, 0.3) is 0 Å². The van der Waals surface area contributed by atoms with Crippen LogP contribution in [-0.4, -0.2) is 37.0 Å². The van der Waals surface area contributed by atoms with Crippen LogP contribution in [0.3, 0.4) is 0 Å². The molecule has 1 heterocycles. The Morgan fingerprint density at radius 2 is 2.23 bits per heavy atom. The summed E-state index contributed by atoms with van der Waals surface area (Å²) in [4.78, 5) is 0. The molecule has 1 aliphatic heterocycles. The molecule has 2 aliphatic carbocycles.